The third-order valence-electron chi connectivity index (χ3n) is 5.28. The molecule has 2 aromatic carbocycles. The summed E-state index contributed by atoms with van der Waals surface area (Å²) in [4.78, 5) is 20.1. The van der Waals surface area contributed by atoms with Crippen molar-refractivity contribution in [3.05, 3.63) is 46.9 Å². The standard InChI is InChI=1S/C22H20N3O4/c1-24(2)6-7-25-21-16-9-19-20(29-12-28-19)10-18(16)23-11-17(21)15-8-13(27-3)4-5-14(15)22(25)26/h5,8-11H,6-7,12H2,1-3H3. The van der Waals surface area contributed by atoms with Crippen LogP contribution in [0.1, 0.15) is 0 Å². The lowest BCUT2D eigenvalue weighted by molar-refractivity contribution is 0.174. The van der Waals surface area contributed by atoms with Gasteiger partial charge in [-0.25, -0.2) is 0 Å². The van der Waals surface area contributed by atoms with E-state index in [1.165, 1.54) is 0 Å². The number of hydrogen-bond donors (Lipinski definition) is 0. The fourth-order valence-electron chi connectivity index (χ4n) is 3.81. The highest BCUT2D eigenvalue weighted by atomic mass is 16.7. The molecule has 0 fully saturated rings. The normalized spacial score (nSPS) is 13.1. The van der Waals surface area contributed by atoms with E-state index >= 15 is 0 Å². The van der Waals surface area contributed by atoms with Crippen molar-refractivity contribution in [2.24, 2.45) is 0 Å². The van der Waals surface area contributed by atoms with Crippen molar-refractivity contribution in [2.75, 3.05) is 34.5 Å². The first kappa shape index (κ1) is 17.8. The molecule has 0 N–H and O–H groups in total. The number of pyridine rings is 2. The van der Waals surface area contributed by atoms with E-state index in [1.54, 1.807) is 13.2 Å². The van der Waals surface area contributed by atoms with Gasteiger partial charge < -0.3 is 23.7 Å². The summed E-state index contributed by atoms with van der Waals surface area (Å²) in [5, 5.41) is 3.14. The Morgan fingerprint density at radius 3 is 2.69 bits per heavy atom. The van der Waals surface area contributed by atoms with Crippen LogP contribution in [0.2, 0.25) is 0 Å². The van der Waals surface area contributed by atoms with E-state index in [0.717, 1.165) is 33.7 Å². The van der Waals surface area contributed by atoms with Crippen molar-refractivity contribution in [3.63, 3.8) is 0 Å². The van der Waals surface area contributed by atoms with E-state index < -0.39 is 0 Å². The molecular formula is C22H20N3O4. The molecule has 0 spiro atoms. The third kappa shape index (κ3) is 2.77. The van der Waals surface area contributed by atoms with Gasteiger partial charge in [-0.05, 0) is 32.3 Å². The van der Waals surface area contributed by atoms with Gasteiger partial charge in [0, 0.05) is 53.0 Å². The molecular weight excluding hydrogens is 370 g/mol. The van der Waals surface area contributed by atoms with Crippen LogP contribution in [0.25, 0.3) is 32.6 Å². The van der Waals surface area contributed by atoms with Gasteiger partial charge in [0.2, 0.25) is 6.79 Å². The monoisotopic (exact) mass is 390 g/mol. The maximum Gasteiger partial charge on any atom is 0.259 e. The van der Waals surface area contributed by atoms with E-state index in [4.69, 9.17) is 14.2 Å². The van der Waals surface area contributed by atoms with Crippen molar-refractivity contribution in [3.8, 4) is 17.2 Å². The zero-order chi connectivity index (χ0) is 20.1. The van der Waals surface area contributed by atoms with Gasteiger partial charge in [-0.3, -0.25) is 9.78 Å². The topological polar surface area (TPSA) is 65.8 Å². The van der Waals surface area contributed by atoms with Crippen LogP contribution in [0, 0.1) is 6.07 Å². The lowest BCUT2D eigenvalue weighted by Gasteiger charge is -2.17. The molecule has 29 heavy (non-hydrogen) atoms. The predicted octanol–water partition coefficient (Wildman–Crippen LogP) is 2.80. The lowest BCUT2D eigenvalue weighted by Crippen LogP contribution is -2.27. The highest BCUT2D eigenvalue weighted by Crippen LogP contribution is 2.38. The number of rotatable bonds is 4. The smallest absolute Gasteiger partial charge is 0.259 e. The average Bonchev–Trinajstić information content (AvgIpc) is 3.18. The molecule has 0 atom stereocenters. The number of benzene rings is 2. The van der Waals surface area contributed by atoms with Crippen LogP contribution in [0.5, 0.6) is 17.2 Å². The molecule has 2 aromatic heterocycles. The molecule has 147 valence electrons. The molecule has 7 nitrogen and oxygen atoms in total. The largest absolute Gasteiger partial charge is 0.496 e. The molecule has 1 aliphatic rings. The number of ether oxygens (including phenoxy) is 3. The second-order valence-corrected chi connectivity index (χ2v) is 7.33. The molecule has 1 radical (unpaired) electrons. The van der Waals surface area contributed by atoms with Gasteiger partial charge in [0.15, 0.2) is 11.5 Å². The van der Waals surface area contributed by atoms with Gasteiger partial charge in [-0.2, -0.15) is 0 Å². The number of nitrogens with zero attached hydrogens (tertiary/aromatic N) is 3. The van der Waals surface area contributed by atoms with Crippen molar-refractivity contribution in [1.29, 1.82) is 0 Å². The van der Waals surface area contributed by atoms with Crippen molar-refractivity contribution < 1.29 is 14.2 Å². The first-order valence-electron chi connectivity index (χ1n) is 9.36. The number of likely N-dealkylation sites (N-methyl/N-ethyl adjacent to an activating group) is 1. The molecule has 5 rings (SSSR count). The molecule has 7 heteroatoms. The van der Waals surface area contributed by atoms with Gasteiger partial charge >= 0.3 is 0 Å². The molecule has 0 bridgehead atoms. The van der Waals surface area contributed by atoms with E-state index in [-0.39, 0.29) is 12.4 Å². The summed E-state index contributed by atoms with van der Waals surface area (Å²) in [6.45, 7) is 1.47. The van der Waals surface area contributed by atoms with E-state index in [9.17, 15) is 4.79 Å². The van der Waals surface area contributed by atoms with E-state index in [1.807, 2.05) is 43.1 Å². The lowest BCUT2D eigenvalue weighted by atomic mass is 10.0. The Labute approximate surface area is 167 Å². The summed E-state index contributed by atoms with van der Waals surface area (Å²) >= 11 is 0. The Kier molecular flexibility index (Phi) is 4.06. The van der Waals surface area contributed by atoms with Gasteiger partial charge in [0.25, 0.3) is 5.56 Å². The second-order valence-electron chi connectivity index (χ2n) is 7.33. The molecule has 0 aliphatic carbocycles. The number of methoxy groups -OCH3 is 1. The Morgan fingerprint density at radius 1 is 1.14 bits per heavy atom. The quantitative estimate of drug-likeness (QED) is 0.499. The van der Waals surface area contributed by atoms with Gasteiger partial charge in [-0.1, -0.05) is 0 Å². The minimum absolute atomic E-state index is 0.0570. The number of fused-ring (bicyclic) bond motifs is 6. The molecule has 0 saturated heterocycles. The van der Waals surface area contributed by atoms with Crippen LogP contribution in [-0.2, 0) is 6.54 Å². The highest BCUT2D eigenvalue weighted by molar-refractivity contribution is 6.14. The summed E-state index contributed by atoms with van der Waals surface area (Å²) in [7, 11) is 5.57. The van der Waals surface area contributed by atoms with Crippen LogP contribution in [-0.4, -0.2) is 49.0 Å². The molecule has 1 aliphatic heterocycles. The summed E-state index contributed by atoms with van der Waals surface area (Å²) in [6, 6.07) is 10.3. The number of aromatic nitrogens is 2. The maximum absolute atomic E-state index is 13.4. The first-order chi connectivity index (χ1) is 14.1. The predicted molar refractivity (Wildman–Crippen MR) is 111 cm³/mol. The third-order valence-corrected chi connectivity index (χ3v) is 5.28. The first-order valence-corrected chi connectivity index (χ1v) is 9.36. The zero-order valence-electron chi connectivity index (χ0n) is 16.5. The Hall–Kier alpha value is -3.32. The average molecular weight is 390 g/mol. The fraction of sp³-hybridized carbons (Fsp3) is 0.273. The fourth-order valence-corrected chi connectivity index (χ4v) is 3.81. The minimum atomic E-state index is -0.0570. The summed E-state index contributed by atoms with van der Waals surface area (Å²) in [5.41, 5.74) is 1.54. The Morgan fingerprint density at radius 2 is 1.93 bits per heavy atom. The summed E-state index contributed by atoms with van der Waals surface area (Å²) in [5.74, 6) is 1.91. The molecule has 3 heterocycles. The Balaban J connectivity index is 1.94. The highest BCUT2D eigenvalue weighted by Gasteiger charge is 2.20. The van der Waals surface area contributed by atoms with Crippen molar-refractivity contribution in [2.45, 2.75) is 6.54 Å². The van der Waals surface area contributed by atoms with Gasteiger partial charge in [-0.15, -0.1) is 0 Å². The second kappa shape index (κ2) is 6.63. The molecule has 0 unspecified atom stereocenters. The van der Waals surface area contributed by atoms with Crippen LogP contribution in [0.4, 0.5) is 0 Å². The van der Waals surface area contributed by atoms with E-state index in [2.05, 4.69) is 16.0 Å². The summed E-state index contributed by atoms with van der Waals surface area (Å²) in [6.07, 6.45) is 1.81. The van der Waals surface area contributed by atoms with Crippen molar-refractivity contribution in [1.82, 2.24) is 14.5 Å². The zero-order valence-corrected chi connectivity index (χ0v) is 16.5. The van der Waals surface area contributed by atoms with Crippen LogP contribution in [0.3, 0.4) is 0 Å². The van der Waals surface area contributed by atoms with Gasteiger partial charge in [0.1, 0.15) is 5.75 Å². The van der Waals surface area contributed by atoms with Crippen LogP contribution < -0.4 is 19.8 Å². The number of hydrogen-bond acceptors (Lipinski definition) is 6. The minimum Gasteiger partial charge on any atom is -0.496 e. The molecule has 0 amide bonds. The Bertz CT molecular complexity index is 1330. The maximum atomic E-state index is 13.4. The van der Waals surface area contributed by atoms with Gasteiger partial charge in [0.05, 0.1) is 18.1 Å². The van der Waals surface area contributed by atoms with E-state index in [0.29, 0.717) is 29.2 Å². The SMILES string of the molecule is COc1[c]cc2c(=O)n(CCN(C)C)c3c4cc5c(cc4ncc3c2c1)OCO5. The summed E-state index contributed by atoms with van der Waals surface area (Å²) < 4.78 is 18.2. The van der Waals surface area contributed by atoms with Crippen LogP contribution >= 0.6 is 0 Å². The van der Waals surface area contributed by atoms with Crippen LogP contribution in [0.15, 0.2) is 35.3 Å². The molecule has 4 aromatic rings. The molecule has 0 saturated carbocycles. The van der Waals surface area contributed by atoms with Crippen molar-refractivity contribution >= 4 is 32.6 Å².